The lowest BCUT2D eigenvalue weighted by Crippen LogP contribution is -2.37. The monoisotopic (exact) mass is 264 g/mol. The molecule has 0 saturated carbocycles. The molecule has 0 radical (unpaired) electrons. The van der Waals surface area contributed by atoms with Crippen molar-refractivity contribution >= 4 is 11.6 Å². The average molecular weight is 264 g/mol. The summed E-state index contributed by atoms with van der Waals surface area (Å²) in [7, 11) is 0. The van der Waals surface area contributed by atoms with Crippen LogP contribution in [-0.2, 0) is 5.41 Å². The van der Waals surface area contributed by atoms with Gasteiger partial charge < -0.3 is 0 Å². The Kier molecular flexibility index (Phi) is 2.82. The number of hydrogen-bond acceptors (Lipinski definition) is 2. The van der Waals surface area contributed by atoms with E-state index >= 15 is 0 Å². The van der Waals surface area contributed by atoms with Gasteiger partial charge in [-0.25, -0.2) is 0 Å². The minimum atomic E-state index is -1.03. The number of fused-ring (bicyclic) bond motifs is 1. The van der Waals surface area contributed by atoms with E-state index in [0.29, 0.717) is 17.5 Å². The molecule has 2 aromatic carbocycles. The van der Waals surface area contributed by atoms with Gasteiger partial charge in [-0.1, -0.05) is 61.0 Å². The first-order valence-electron chi connectivity index (χ1n) is 6.87. The number of hydrogen-bond donors (Lipinski definition) is 0. The summed E-state index contributed by atoms with van der Waals surface area (Å²) in [5.41, 5.74) is 1.95. The van der Waals surface area contributed by atoms with Crippen molar-refractivity contribution < 1.29 is 9.59 Å². The summed E-state index contributed by atoms with van der Waals surface area (Å²) in [5, 5.41) is 0. The van der Waals surface area contributed by atoms with Gasteiger partial charge in [0.15, 0.2) is 11.6 Å². The molecular weight excluding hydrogens is 248 g/mol. The fourth-order valence-corrected chi connectivity index (χ4v) is 3.14. The van der Waals surface area contributed by atoms with E-state index in [-0.39, 0.29) is 11.6 Å². The highest BCUT2D eigenvalue weighted by Crippen LogP contribution is 2.42. The standard InChI is InChI=1S/C18H16O2/c1-3-18(13-8-6-7-12(2)11-13)16(19)14-9-4-5-10-15(14)17(18)20/h4-11H,3H2,1-2H3. The lowest BCUT2D eigenvalue weighted by atomic mass is 9.73. The lowest BCUT2D eigenvalue weighted by molar-refractivity contribution is 0.0789. The molecule has 1 aliphatic rings. The molecule has 0 fully saturated rings. The van der Waals surface area contributed by atoms with Gasteiger partial charge in [0.05, 0.1) is 0 Å². The van der Waals surface area contributed by atoms with Gasteiger partial charge in [0, 0.05) is 11.1 Å². The summed E-state index contributed by atoms with van der Waals surface area (Å²) in [6.07, 6.45) is 0.489. The van der Waals surface area contributed by atoms with Gasteiger partial charge in [0.1, 0.15) is 5.41 Å². The SMILES string of the molecule is CCC1(c2cccc(C)c2)C(=O)c2ccccc2C1=O. The topological polar surface area (TPSA) is 34.1 Å². The van der Waals surface area contributed by atoms with Crippen LogP contribution in [0.2, 0.25) is 0 Å². The van der Waals surface area contributed by atoms with E-state index in [1.165, 1.54) is 0 Å². The summed E-state index contributed by atoms with van der Waals surface area (Å²) in [4.78, 5) is 25.7. The molecule has 2 nitrogen and oxygen atoms in total. The summed E-state index contributed by atoms with van der Waals surface area (Å²) in [5.74, 6) is -0.127. The number of aryl methyl sites for hydroxylation is 1. The van der Waals surface area contributed by atoms with E-state index in [2.05, 4.69) is 0 Å². The molecule has 0 amide bonds. The van der Waals surface area contributed by atoms with Crippen molar-refractivity contribution in [1.82, 2.24) is 0 Å². The van der Waals surface area contributed by atoms with Crippen LogP contribution in [0.25, 0.3) is 0 Å². The predicted octanol–water partition coefficient (Wildman–Crippen LogP) is 3.72. The van der Waals surface area contributed by atoms with Gasteiger partial charge in [0.25, 0.3) is 0 Å². The molecular formula is C18H16O2. The van der Waals surface area contributed by atoms with Gasteiger partial charge >= 0.3 is 0 Å². The number of carbonyl (C=O) groups is 2. The van der Waals surface area contributed by atoms with Gasteiger partial charge in [-0.3, -0.25) is 9.59 Å². The first-order chi connectivity index (χ1) is 9.61. The summed E-state index contributed by atoms with van der Waals surface area (Å²) < 4.78 is 0. The van der Waals surface area contributed by atoms with Gasteiger partial charge in [-0.2, -0.15) is 0 Å². The number of Topliss-reactive ketones (excluding diaryl/α,β-unsaturated/α-hetero) is 2. The van der Waals surface area contributed by atoms with Crippen LogP contribution in [0.3, 0.4) is 0 Å². The predicted molar refractivity (Wildman–Crippen MR) is 78.3 cm³/mol. The van der Waals surface area contributed by atoms with Crippen LogP contribution in [0.1, 0.15) is 45.2 Å². The highest BCUT2D eigenvalue weighted by atomic mass is 16.2. The Morgan fingerprint density at radius 2 is 1.50 bits per heavy atom. The third kappa shape index (κ3) is 1.51. The smallest absolute Gasteiger partial charge is 0.181 e. The zero-order valence-electron chi connectivity index (χ0n) is 11.6. The lowest BCUT2D eigenvalue weighted by Gasteiger charge is -2.25. The Hall–Kier alpha value is -2.22. The normalized spacial score (nSPS) is 16.3. The van der Waals surface area contributed by atoms with Crippen molar-refractivity contribution in [2.24, 2.45) is 0 Å². The second-order valence-corrected chi connectivity index (χ2v) is 5.33. The molecule has 3 rings (SSSR count). The van der Waals surface area contributed by atoms with Gasteiger partial charge in [0.2, 0.25) is 0 Å². The first-order valence-corrected chi connectivity index (χ1v) is 6.87. The van der Waals surface area contributed by atoms with Crippen molar-refractivity contribution in [2.45, 2.75) is 25.7 Å². The number of benzene rings is 2. The maximum absolute atomic E-state index is 12.9. The number of rotatable bonds is 2. The zero-order chi connectivity index (χ0) is 14.3. The van der Waals surface area contributed by atoms with Crippen molar-refractivity contribution in [3.8, 4) is 0 Å². The number of carbonyl (C=O) groups excluding carboxylic acids is 2. The van der Waals surface area contributed by atoms with Crippen LogP contribution in [0.4, 0.5) is 0 Å². The summed E-state index contributed by atoms with van der Waals surface area (Å²) in [6, 6.07) is 14.8. The molecule has 0 saturated heterocycles. The molecule has 0 aromatic heterocycles. The van der Waals surface area contributed by atoms with Crippen LogP contribution in [0, 0.1) is 6.92 Å². The molecule has 1 aliphatic carbocycles. The van der Waals surface area contributed by atoms with Crippen molar-refractivity contribution in [3.63, 3.8) is 0 Å². The fraction of sp³-hybridized carbons (Fsp3) is 0.222. The second-order valence-electron chi connectivity index (χ2n) is 5.33. The maximum atomic E-state index is 12.9. The van der Waals surface area contributed by atoms with E-state index < -0.39 is 5.41 Å². The van der Waals surface area contributed by atoms with Crippen LogP contribution < -0.4 is 0 Å². The first kappa shape index (κ1) is 12.8. The average Bonchev–Trinajstić information content (AvgIpc) is 2.69. The Balaban J connectivity index is 2.26. The van der Waals surface area contributed by atoms with E-state index in [9.17, 15) is 9.59 Å². The molecule has 0 unspecified atom stereocenters. The summed E-state index contributed by atoms with van der Waals surface area (Å²) >= 11 is 0. The third-order valence-electron chi connectivity index (χ3n) is 4.23. The van der Waals surface area contributed by atoms with Crippen molar-refractivity contribution in [2.75, 3.05) is 0 Å². The van der Waals surface area contributed by atoms with E-state index in [1.54, 1.807) is 12.1 Å². The summed E-state index contributed by atoms with van der Waals surface area (Å²) in [6.45, 7) is 3.88. The third-order valence-corrected chi connectivity index (χ3v) is 4.23. The van der Waals surface area contributed by atoms with Crippen LogP contribution in [-0.4, -0.2) is 11.6 Å². The molecule has 0 heterocycles. The van der Waals surface area contributed by atoms with Crippen LogP contribution in [0.15, 0.2) is 48.5 Å². The van der Waals surface area contributed by atoms with E-state index in [1.807, 2.05) is 50.2 Å². The molecule has 0 aliphatic heterocycles. The fourth-order valence-electron chi connectivity index (χ4n) is 3.14. The Labute approximate surface area is 118 Å². The quantitative estimate of drug-likeness (QED) is 0.775. The molecule has 2 heteroatoms. The molecule has 0 atom stereocenters. The molecule has 0 bridgehead atoms. The molecule has 100 valence electrons. The molecule has 2 aromatic rings. The van der Waals surface area contributed by atoms with Crippen molar-refractivity contribution in [3.05, 3.63) is 70.8 Å². The van der Waals surface area contributed by atoms with E-state index in [4.69, 9.17) is 0 Å². The Bertz CT molecular complexity index is 678. The molecule has 0 N–H and O–H groups in total. The van der Waals surface area contributed by atoms with Crippen molar-refractivity contribution in [1.29, 1.82) is 0 Å². The number of ketones is 2. The van der Waals surface area contributed by atoms with Crippen LogP contribution >= 0.6 is 0 Å². The Morgan fingerprint density at radius 1 is 0.900 bits per heavy atom. The van der Waals surface area contributed by atoms with E-state index in [0.717, 1.165) is 11.1 Å². The highest BCUT2D eigenvalue weighted by Gasteiger charge is 2.52. The maximum Gasteiger partial charge on any atom is 0.181 e. The highest BCUT2D eigenvalue weighted by molar-refractivity contribution is 6.33. The molecule has 20 heavy (non-hydrogen) atoms. The molecule has 0 spiro atoms. The largest absolute Gasteiger partial charge is 0.293 e. The second kappa shape index (κ2) is 4.41. The minimum absolute atomic E-state index is 0.0637. The van der Waals surface area contributed by atoms with Gasteiger partial charge in [-0.05, 0) is 18.9 Å². The van der Waals surface area contributed by atoms with Gasteiger partial charge in [-0.15, -0.1) is 0 Å². The van der Waals surface area contributed by atoms with Crippen LogP contribution in [0.5, 0.6) is 0 Å². The Morgan fingerprint density at radius 3 is 2.00 bits per heavy atom. The minimum Gasteiger partial charge on any atom is -0.293 e. The zero-order valence-corrected chi connectivity index (χ0v) is 11.6.